The van der Waals surface area contributed by atoms with Gasteiger partial charge >= 0.3 is 0 Å². The van der Waals surface area contributed by atoms with Crippen LogP contribution in [0.5, 0.6) is 0 Å². The number of rotatable bonds is 32. The Balaban J connectivity index is 2.26. The lowest BCUT2D eigenvalue weighted by Crippen LogP contribution is -2.31. The van der Waals surface area contributed by atoms with Crippen LogP contribution in [0.3, 0.4) is 0 Å². The summed E-state index contributed by atoms with van der Waals surface area (Å²) in [7, 11) is -3.43. The molecule has 46 heavy (non-hydrogen) atoms. The van der Waals surface area contributed by atoms with Crippen molar-refractivity contribution < 1.29 is 22.1 Å². The Hall–Kier alpha value is -1.21. The third-order valence-corrected chi connectivity index (χ3v) is 9.26. The predicted octanol–water partition coefficient (Wildman–Crippen LogP) is 12.1. The fourth-order valence-corrected chi connectivity index (χ4v) is 6.29. The van der Waals surface area contributed by atoms with E-state index in [-0.39, 0.29) is 12.7 Å². The average Bonchev–Trinajstić information content (AvgIpc) is 3.43. The molecule has 1 aliphatic rings. The van der Waals surface area contributed by atoms with Crippen molar-refractivity contribution >= 4 is 10.1 Å². The SMILES string of the molecule is CCCCC/C=C\C/C=C\CCCCCCCC1(CCCCCCC/C=C\C/C=C\CCCCC)OCC(CCOS(C)(=O)=O)O1. The van der Waals surface area contributed by atoms with Crippen molar-refractivity contribution in [2.24, 2.45) is 0 Å². The molecule has 0 N–H and O–H groups in total. The molecule has 1 aliphatic heterocycles. The molecular weight excluding hydrogens is 593 g/mol. The largest absolute Gasteiger partial charge is 0.347 e. The first-order valence-corrected chi connectivity index (χ1v) is 21.0. The van der Waals surface area contributed by atoms with Gasteiger partial charge in [0.05, 0.1) is 25.6 Å². The molecule has 0 saturated carbocycles. The molecule has 1 unspecified atom stereocenters. The van der Waals surface area contributed by atoms with E-state index >= 15 is 0 Å². The van der Waals surface area contributed by atoms with Gasteiger partial charge in [-0.3, -0.25) is 4.18 Å². The summed E-state index contributed by atoms with van der Waals surface area (Å²) in [6, 6.07) is 0. The number of ether oxygens (including phenoxy) is 2. The highest BCUT2D eigenvalue weighted by Gasteiger charge is 2.40. The highest BCUT2D eigenvalue weighted by atomic mass is 32.2. The molecule has 6 heteroatoms. The minimum Gasteiger partial charge on any atom is -0.347 e. The molecule has 0 spiro atoms. The molecule has 268 valence electrons. The van der Waals surface area contributed by atoms with Crippen molar-refractivity contribution in [1.29, 1.82) is 0 Å². The zero-order chi connectivity index (χ0) is 33.4. The van der Waals surface area contributed by atoms with Gasteiger partial charge in [-0.25, -0.2) is 0 Å². The monoisotopic (exact) mass is 665 g/mol. The number of hydrogen-bond donors (Lipinski definition) is 0. The summed E-state index contributed by atoms with van der Waals surface area (Å²) in [4.78, 5) is 0. The Morgan fingerprint density at radius 1 is 0.609 bits per heavy atom. The van der Waals surface area contributed by atoms with Crippen molar-refractivity contribution in [3.05, 3.63) is 48.6 Å². The van der Waals surface area contributed by atoms with Crippen molar-refractivity contribution in [1.82, 2.24) is 0 Å². The fraction of sp³-hybridized carbons (Fsp3) is 0.800. The van der Waals surface area contributed by atoms with E-state index in [1.54, 1.807) is 0 Å². The summed E-state index contributed by atoms with van der Waals surface area (Å²) in [5.74, 6) is -0.519. The standard InChI is InChI=1S/C40H72O5S/c1-4-6-8-10-12-14-16-18-20-22-24-26-28-30-32-35-40(43-38-39(45-40)34-37-44-46(3,41)42)36-33-31-29-27-25-23-21-19-17-15-13-11-9-7-5-2/h12-15,18-21,39H,4-11,16-17,22-38H2,1-3H3/b14-12-,15-13-,20-18-,21-19-. The maximum absolute atomic E-state index is 11.4. The normalized spacial score (nSPS) is 17.2. The summed E-state index contributed by atoms with van der Waals surface area (Å²) in [6.07, 6.45) is 48.8. The highest BCUT2D eigenvalue weighted by Crippen LogP contribution is 2.35. The molecule has 0 radical (unpaired) electrons. The molecule has 0 amide bonds. The molecule has 1 fully saturated rings. The van der Waals surface area contributed by atoms with E-state index in [1.165, 1.54) is 116 Å². The minimum absolute atomic E-state index is 0.0994. The van der Waals surface area contributed by atoms with E-state index < -0.39 is 15.9 Å². The molecule has 1 saturated heterocycles. The van der Waals surface area contributed by atoms with Crippen LogP contribution in [-0.4, -0.2) is 39.8 Å². The molecular formula is C40H72O5S. The van der Waals surface area contributed by atoms with Gasteiger partial charge in [0.2, 0.25) is 0 Å². The van der Waals surface area contributed by atoms with Crippen LogP contribution in [0.4, 0.5) is 0 Å². The summed E-state index contributed by atoms with van der Waals surface area (Å²) in [5, 5.41) is 0. The highest BCUT2D eigenvalue weighted by molar-refractivity contribution is 7.85. The van der Waals surface area contributed by atoms with Crippen LogP contribution in [0.15, 0.2) is 48.6 Å². The van der Waals surface area contributed by atoms with Gasteiger partial charge in [-0.05, 0) is 77.0 Å². The molecule has 1 rings (SSSR count). The van der Waals surface area contributed by atoms with Gasteiger partial charge in [0, 0.05) is 19.3 Å². The van der Waals surface area contributed by atoms with E-state index in [1.807, 2.05) is 0 Å². The molecule has 0 aliphatic carbocycles. The van der Waals surface area contributed by atoms with Crippen LogP contribution in [-0.2, 0) is 23.8 Å². The topological polar surface area (TPSA) is 61.8 Å². The van der Waals surface area contributed by atoms with Gasteiger partial charge in [0.1, 0.15) is 0 Å². The second-order valence-corrected chi connectivity index (χ2v) is 14.9. The van der Waals surface area contributed by atoms with E-state index in [0.29, 0.717) is 13.0 Å². The van der Waals surface area contributed by atoms with Crippen LogP contribution in [0.1, 0.15) is 174 Å². The van der Waals surface area contributed by atoms with E-state index in [2.05, 4.69) is 62.5 Å². The Kier molecular flexibility index (Phi) is 27.8. The second kappa shape index (κ2) is 29.9. The molecule has 1 atom stereocenters. The van der Waals surface area contributed by atoms with Crippen molar-refractivity contribution in [2.45, 2.75) is 186 Å². The van der Waals surface area contributed by atoms with E-state index in [9.17, 15) is 8.42 Å². The van der Waals surface area contributed by atoms with E-state index in [4.69, 9.17) is 13.7 Å². The van der Waals surface area contributed by atoms with Crippen molar-refractivity contribution in [3.63, 3.8) is 0 Å². The zero-order valence-electron chi connectivity index (χ0n) is 30.2. The predicted molar refractivity (Wildman–Crippen MR) is 198 cm³/mol. The Morgan fingerprint density at radius 3 is 1.46 bits per heavy atom. The third-order valence-electron chi connectivity index (χ3n) is 8.67. The minimum atomic E-state index is -3.43. The molecule has 0 aromatic carbocycles. The van der Waals surface area contributed by atoms with Gasteiger partial charge in [-0.15, -0.1) is 0 Å². The van der Waals surface area contributed by atoms with Crippen LogP contribution >= 0.6 is 0 Å². The molecule has 1 heterocycles. The Morgan fingerprint density at radius 2 is 1.02 bits per heavy atom. The zero-order valence-corrected chi connectivity index (χ0v) is 31.1. The van der Waals surface area contributed by atoms with Crippen molar-refractivity contribution in [3.8, 4) is 0 Å². The van der Waals surface area contributed by atoms with Crippen LogP contribution < -0.4 is 0 Å². The summed E-state index contributed by atoms with van der Waals surface area (Å²) in [5.41, 5.74) is 0. The van der Waals surface area contributed by atoms with Crippen LogP contribution in [0.25, 0.3) is 0 Å². The Labute approximate surface area is 285 Å². The Bertz CT molecular complexity index is 859. The lowest BCUT2D eigenvalue weighted by Gasteiger charge is -2.28. The number of unbranched alkanes of at least 4 members (excludes halogenated alkanes) is 16. The van der Waals surface area contributed by atoms with Gasteiger partial charge in [-0.2, -0.15) is 8.42 Å². The maximum atomic E-state index is 11.4. The summed E-state index contributed by atoms with van der Waals surface area (Å²) >= 11 is 0. The maximum Gasteiger partial charge on any atom is 0.264 e. The first-order valence-electron chi connectivity index (χ1n) is 19.2. The smallest absolute Gasteiger partial charge is 0.264 e. The van der Waals surface area contributed by atoms with Gasteiger partial charge < -0.3 is 9.47 Å². The number of hydrogen-bond acceptors (Lipinski definition) is 5. The average molecular weight is 665 g/mol. The van der Waals surface area contributed by atoms with Crippen LogP contribution in [0.2, 0.25) is 0 Å². The van der Waals surface area contributed by atoms with E-state index in [0.717, 1.165) is 44.8 Å². The lowest BCUT2D eigenvalue weighted by atomic mass is 9.99. The summed E-state index contributed by atoms with van der Waals surface area (Å²) in [6.45, 7) is 5.17. The first-order chi connectivity index (χ1) is 22.4. The van der Waals surface area contributed by atoms with Crippen LogP contribution in [0, 0.1) is 0 Å². The molecule has 0 bridgehead atoms. The third kappa shape index (κ3) is 26.8. The fourth-order valence-electron chi connectivity index (χ4n) is 5.89. The quantitative estimate of drug-likeness (QED) is 0.0407. The first kappa shape index (κ1) is 42.8. The van der Waals surface area contributed by atoms with Gasteiger partial charge in [0.25, 0.3) is 10.1 Å². The lowest BCUT2D eigenvalue weighted by molar-refractivity contribution is -0.180. The van der Waals surface area contributed by atoms with Gasteiger partial charge in [0.15, 0.2) is 5.79 Å². The molecule has 0 aromatic heterocycles. The van der Waals surface area contributed by atoms with Gasteiger partial charge in [-0.1, -0.05) is 127 Å². The summed E-state index contributed by atoms with van der Waals surface area (Å²) < 4.78 is 40.5. The van der Waals surface area contributed by atoms with Crippen molar-refractivity contribution in [2.75, 3.05) is 19.5 Å². The molecule has 0 aromatic rings. The second-order valence-electron chi connectivity index (χ2n) is 13.2. The molecule has 5 nitrogen and oxygen atoms in total. The number of allylic oxidation sites excluding steroid dienone is 8.